The molecule has 3 aliphatic rings. The summed E-state index contributed by atoms with van der Waals surface area (Å²) in [5, 5.41) is 18.2. The van der Waals surface area contributed by atoms with Gasteiger partial charge in [0, 0.05) is 34.8 Å². The normalized spacial score (nSPS) is 23.7. The molecular formula is C31H35N5O3S. The van der Waals surface area contributed by atoms with Crippen molar-refractivity contribution in [2.45, 2.75) is 74.9 Å². The molecule has 0 saturated carbocycles. The number of likely N-dealkylation sites (tertiary alicyclic amines) is 1. The lowest BCUT2D eigenvalue weighted by atomic mass is 9.94. The van der Waals surface area contributed by atoms with E-state index in [1.165, 1.54) is 17.5 Å². The molecule has 0 bridgehead atoms. The van der Waals surface area contributed by atoms with E-state index in [1.54, 1.807) is 6.07 Å². The number of aliphatic hydroxyl groups is 1. The lowest BCUT2D eigenvalue weighted by molar-refractivity contribution is 0.111. The number of aliphatic hydroxyl groups excluding tert-OH is 1. The highest BCUT2D eigenvalue weighted by Crippen LogP contribution is 2.39. The van der Waals surface area contributed by atoms with Crippen LogP contribution >= 0.6 is 0 Å². The summed E-state index contributed by atoms with van der Waals surface area (Å²) < 4.78 is 28.3. The maximum absolute atomic E-state index is 12.8. The number of benzene rings is 2. The van der Waals surface area contributed by atoms with Gasteiger partial charge < -0.3 is 5.11 Å². The number of aromatic amines is 1. The van der Waals surface area contributed by atoms with E-state index >= 15 is 0 Å². The third-order valence-electron chi connectivity index (χ3n) is 9.17. The van der Waals surface area contributed by atoms with E-state index in [0.717, 1.165) is 72.0 Å². The van der Waals surface area contributed by atoms with Crippen molar-refractivity contribution in [1.82, 2.24) is 24.8 Å². The molecule has 0 amide bonds. The van der Waals surface area contributed by atoms with Gasteiger partial charge in [0.2, 0.25) is 10.0 Å². The van der Waals surface area contributed by atoms with Crippen molar-refractivity contribution >= 4 is 21.1 Å². The average Bonchev–Trinajstić information content (AvgIpc) is 3.58. The summed E-state index contributed by atoms with van der Waals surface area (Å²) in [6.07, 6.45) is 8.49. The van der Waals surface area contributed by atoms with Gasteiger partial charge in [0.15, 0.2) is 5.65 Å². The predicted molar refractivity (Wildman–Crippen MR) is 155 cm³/mol. The van der Waals surface area contributed by atoms with Crippen molar-refractivity contribution < 1.29 is 13.5 Å². The van der Waals surface area contributed by atoms with Crippen molar-refractivity contribution in [1.29, 1.82) is 0 Å². The summed E-state index contributed by atoms with van der Waals surface area (Å²) in [5.74, 6) is 0. The highest BCUT2D eigenvalue weighted by Gasteiger charge is 2.40. The first kappa shape index (κ1) is 25.8. The lowest BCUT2D eigenvalue weighted by Gasteiger charge is -2.31. The van der Waals surface area contributed by atoms with E-state index < -0.39 is 15.6 Å². The number of aryl methyl sites for hydroxylation is 2. The van der Waals surface area contributed by atoms with Crippen molar-refractivity contribution in [3.05, 3.63) is 65.4 Å². The number of nitrogens with one attached hydrogen (secondary N) is 2. The zero-order valence-corrected chi connectivity index (χ0v) is 23.8. The van der Waals surface area contributed by atoms with Gasteiger partial charge in [-0.2, -0.15) is 5.10 Å². The number of nitrogens with zero attached hydrogens (tertiary/aromatic N) is 3. The second-order valence-corrected chi connectivity index (χ2v) is 13.7. The molecule has 208 valence electrons. The Kier molecular flexibility index (Phi) is 6.12. The number of hydrogen-bond acceptors (Lipinski definition) is 6. The molecule has 8 nitrogen and oxygen atoms in total. The minimum Gasteiger partial charge on any atom is -0.395 e. The van der Waals surface area contributed by atoms with Crippen LogP contribution in [0.3, 0.4) is 0 Å². The third-order valence-corrected chi connectivity index (χ3v) is 10.9. The Labute approximate surface area is 234 Å². The van der Waals surface area contributed by atoms with Gasteiger partial charge in [0.05, 0.1) is 22.7 Å². The summed E-state index contributed by atoms with van der Waals surface area (Å²) in [4.78, 5) is 7.50. The van der Waals surface area contributed by atoms with Crippen molar-refractivity contribution in [3.63, 3.8) is 0 Å². The van der Waals surface area contributed by atoms with Gasteiger partial charge in [-0.25, -0.2) is 18.1 Å². The molecule has 1 saturated heterocycles. The first-order chi connectivity index (χ1) is 19.2. The Hall–Kier alpha value is -3.11. The fourth-order valence-corrected chi connectivity index (χ4v) is 8.86. The highest BCUT2D eigenvalue weighted by molar-refractivity contribution is 7.89. The zero-order chi connectivity index (χ0) is 27.6. The molecule has 1 aliphatic carbocycles. The monoisotopic (exact) mass is 557 g/mol. The smallest absolute Gasteiger partial charge is 0.241 e. The van der Waals surface area contributed by atoms with Gasteiger partial charge in [-0.05, 0) is 93.3 Å². The van der Waals surface area contributed by atoms with Crippen LogP contribution < -0.4 is 4.72 Å². The first-order valence-corrected chi connectivity index (χ1v) is 15.7. The number of aromatic nitrogens is 3. The molecule has 1 unspecified atom stereocenters. The molecule has 9 heteroatoms. The molecule has 2 aromatic heterocycles. The largest absolute Gasteiger partial charge is 0.395 e. The highest BCUT2D eigenvalue weighted by atomic mass is 32.2. The maximum atomic E-state index is 12.8. The minimum atomic E-state index is -3.57. The Bertz CT molecular complexity index is 1730. The number of fused-ring (bicyclic) bond motifs is 3. The second-order valence-electron chi connectivity index (χ2n) is 12.1. The van der Waals surface area contributed by atoms with E-state index in [-0.39, 0.29) is 6.61 Å². The molecule has 4 heterocycles. The fraction of sp³-hybridized carbons (Fsp3) is 0.419. The summed E-state index contributed by atoms with van der Waals surface area (Å²) in [7, 11) is -3.57. The molecular weight excluding hydrogens is 522 g/mol. The van der Waals surface area contributed by atoms with Crippen molar-refractivity contribution in [2.75, 3.05) is 13.2 Å². The van der Waals surface area contributed by atoms with Crippen LogP contribution in [-0.2, 0) is 28.4 Å². The Balaban J connectivity index is 1.20. The van der Waals surface area contributed by atoms with E-state index in [4.69, 9.17) is 0 Å². The Morgan fingerprint density at radius 2 is 1.80 bits per heavy atom. The molecule has 1 fully saturated rings. The van der Waals surface area contributed by atoms with Crippen LogP contribution in [0.4, 0.5) is 0 Å². The molecule has 0 spiro atoms. The van der Waals surface area contributed by atoms with Crippen LogP contribution in [-0.4, -0.2) is 58.8 Å². The van der Waals surface area contributed by atoms with Gasteiger partial charge in [-0.1, -0.05) is 30.3 Å². The topological polar surface area (TPSA) is 111 Å². The molecule has 2 atom stereocenters. The van der Waals surface area contributed by atoms with Crippen LogP contribution in [0, 0.1) is 0 Å². The lowest BCUT2D eigenvalue weighted by Crippen LogP contribution is -2.41. The molecule has 0 radical (unpaired) electrons. The van der Waals surface area contributed by atoms with Crippen LogP contribution in [0.2, 0.25) is 0 Å². The fourth-order valence-electron chi connectivity index (χ4n) is 7.08. The zero-order valence-electron chi connectivity index (χ0n) is 22.9. The van der Waals surface area contributed by atoms with Gasteiger partial charge in [-0.15, -0.1) is 0 Å². The predicted octanol–water partition coefficient (Wildman–Crippen LogP) is 4.52. The van der Waals surface area contributed by atoms with Crippen LogP contribution in [0.5, 0.6) is 0 Å². The number of H-pyrrole nitrogens is 1. The quantitative estimate of drug-likeness (QED) is 0.318. The minimum absolute atomic E-state index is 0.259. The number of rotatable bonds is 4. The summed E-state index contributed by atoms with van der Waals surface area (Å²) >= 11 is 0. The van der Waals surface area contributed by atoms with E-state index in [2.05, 4.69) is 49.1 Å². The molecule has 4 aromatic rings. The molecule has 2 aliphatic heterocycles. The van der Waals surface area contributed by atoms with Gasteiger partial charge >= 0.3 is 0 Å². The standard InChI is InChI=1S/C31H35N5O3S/c1-31(2)27-12-9-22(16-28(27)40(38,39)35-31)29-26-15-23(17-32-30(26)34-33-29)21-6-5-19-7-10-24(11-8-20(19)14-21)36-13-3-4-25(36)18-37/h5-6,9,12,14-17,24-25,35,37H,3-4,7-8,10-11,13,18H2,1-2H3,(H,32,33,34)/t24?,25-/m1/s1. The first-order valence-electron chi connectivity index (χ1n) is 14.3. The summed E-state index contributed by atoms with van der Waals surface area (Å²) in [6.45, 7) is 5.10. The average molecular weight is 558 g/mol. The molecule has 2 aromatic carbocycles. The van der Waals surface area contributed by atoms with Crippen LogP contribution in [0.1, 0.15) is 56.2 Å². The van der Waals surface area contributed by atoms with Crippen molar-refractivity contribution in [3.8, 4) is 22.4 Å². The Morgan fingerprint density at radius 1 is 1.00 bits per heavy atom. The second kappa shape index (κ2) is 9.48. The molecule has 7 rings (SSSR count). The number of sulfonamides is 1. The third kappa shape index (κ3) is 4.27. The van der Waals surface area contributed by atoms with Crippen LogP contribution in [0.25, 0.3) is 33.4 Å². The SMILES string of the molecule is CC1(C)NS(=O)(=O)c2cc(-c3[nH]nc4ncc(-c5ccc6c(c5)CCC(N5CCC[C@@H]5CO)CC6)cc34)ccc21. The van der Waals surface area contributed by atoms with E-state index in [0.29, 0.717) is 22.6 Å². The molecule has 40 heavy (non-hydrogen) atoms. The summed E-state index contributed by atoms with van der Waals surface area (Å²) in [5.41, 5.74) is 7.19. The van der Waals surface area contributed by atoms with Crippen molar-refractivity contribution in [2.24, 2.45) is 0 Å². The molecule has 3 N–H and O–H groups in total. The van der Waals surface area contributed by atoms with Crippen LogP contribution in [0.15, 0.2) is 53.6 Å². The van der Waals surface area contributed by atoms with Gasteiger partial charge in [-0.3, -0.25) is 10.00 Å². The van der Waals surface area contributed by atoms with Gasteiger partial charge in [0.25, 0.3) is 0 Å². The number of pyridine rings is 1. The summed E-state index contributed by atoms with van der Waals surface area (Å²) in [6, 6.07) is 15.3. The van der Waals surface area contributed by atoms with E-state index in [9.17, 15) is 13.5 Å². The number of hydrogen-bond donors (Lipinski definition) is 3. The maximum Gasteiger partial charge on any atom is 0.241 e. The Morgan fingerprint density at radius 3 is 2.62 bits per heavy atom. The van der Waals surface area contributed by atoms with E-state index in [1.807, 2.05) is 32.2 Å². The van der Waals surface area contributed by atoms with Gasteiger partial charge in [0.1, 0.15) is 0 Å².